The van der Waals surface area contributed by atoms with Gasteiger partial charge < -0.3 is 10.4 Å². The number of nitro groups is 1. The molecule has 1 atom stereocenters. The van der Waals surface area contributed by atoms with E-state index in [2.05, 4.69) is 5.32 Å². The van der Waals surface area contributed by atoms with Crippen LogP contribution in [0.15, 0.2) is 30.3 Å². The highest BCUT2D eigenvalue weighted by Gasteiger charge is 2.73. The molecule has 0 radical (unpaired) electrons. The molecule has 0 saturated carbocycles. The van der Waals surface area contributed by atoms with Crippen molar-refractivity contribution in [1.82, 2.24) is 0 Å². The Hall–Kier alpha value is -2.96. The Bertz CT molecular complexity index is 967. The van der Waals surface area contributed by atoms with Gasteiger partial charge in [0.05, 0.1) is 4.92 Å². The normalized spacial score (nSPS) is 13.8. The Morgan fingerprint density at radius 2 is 1.48 bits per heavy atom. The maximum Gasteiger partial charge on any atom is 0.435 e. The van der Waals surface area contributed by atoms with Gasteiger partial charge in [-0.05, 0) is 25.0 Å². The van der Waals surface area contributed by atoms with Crippen molar-refractivity contribution in [2.24, 2.45) is 0 Å². The van der Waals surface area contributed by atoms with Gasteiger partial charge in [-0.25, -0.2) is 4.39 Å². The summed E-state index contributed by atoms with van der Waals surface area (Å²) in [6.07, 6.45) is -14.6. The van der Waals surface area contributed by atoms with Crippen LogP contribution in [0, 0.1) is 29.8 Å². The molecule has 0 heterocycles. The second-order valence-corrected chi connectivity index (χ2v) is 6.62. The highest BCUT2D eigenvalue weighted by Crippen LogP contribution is 2.53. The van der Waals surface area contributed by atoms with Gasteiger partial charge in [-0.1, -0.05) is 24.3 Å². The summed E-state index contributed by atoms with van der Waals surface area (Å²) < 4.78 is 106. The van der Waals surface area contributed by atoms with Crippen LogP contribution in [0.4, 0.5) is 46.5 Å². The minimum atomic E-state index is -6.30. The number of nitrogens with zero attached hydrogens (tertiary/aromatic N) is 1. The predicted molar refractivity (Wildman–Crippen MR) is 92.4 cm³/mol. The first-order valence-electron chi connectivity index (χ1n) is 8.33. The third-order valence-electron chi connectivity index (χ3n) is 4.49. The van der Waals surface area contributed by atoms with E-state index in [0.717, 1.165) is 32.0 Å². The summed E-state index contributed by atoms with van der Waals surface area (Å²) in [6.45, 7) is 2.09. The maximum atomic E-state index is 14.3. The third-order valence-corrected chi connectivity index (χ3v) is 4.49. The van der Waals surface area contributed by atoms with E-state index in [1.807, 2.05) is 0 Å². The van der Waals surface area contributed by atoms with Crippen LogP contribution in [0.1, 0.15) is 28.5 Å². The van der Waals surface area contributed by atoms with Gasteiger partial charge in [0.2, 0.25) is 5.82 Å². The molecule has 0 bridgehead atoms. The fourth-order valence-electron chi connectivity index (χ4n) is 2.98. The average Bonchev–Trinajstić information content (AvgIpc) is 2.61. The number of hydrogen-bond donors (Lipinski definition) is 2. The average molecular weight is 458 g/mol. The number of aryl methyl sites for hydroxylation is 2. The van der Waals surface area contributed by atoms with Crippen molar-refractivity contribution in [3.63, 3.8) is 0 Å². The molecular weight excluding hydrogens is 444 g/mol. The molecule has 0 aliphatic heterocycles. The van der Waals surface area contributed by atoms with E-state index in [1.165, 1.54) is 0 Å². The first kappa shape index (κ1) is 24.3. The highest BCUT2D eigenvalue weighted by molar-refractivity contribution is 5.60. The summed E-state index contributed by atoms with van der Waals surface area (Å²) in [7, 11) is 0. The molecule has 2 rings (SSSR count). The Labute approximate surface area is 169 Å². The molecule has 1 unspecified atom stereocenters. The van der Waals surface area contributed by atoms with Crippen molar-refractivity contribution in [3.05, 3.63) is 68.5 Å². The number of hydrogen-bond acceptors (Lipinski definition) is 4. The molecule has 2 aromatic rings. The molecule has 0 amide bonds. The Morgan fingerprint density at radius 1 is 1.00 bits per heavy atom. The summed E-state index contributed by atoms with van der Waals surface area (Å²) in [5, 5.41) is 23.3. The van der Waals surface area contributed by atoms with E-state index in [0.29, 0.717) is 12.1 Å². The standard InChI is InChI=1S/C18H14F8N2O3/c1-8-6-10(16(20,17(21,22)23)18(24,25)26)7-9(2)14(8)27-15(29)11-4-3-5-12(13(11)19)28(30)31/h3-7,15,27,29H,1-2H3. The van der Waals surface area contributed by atoms with Crippen molar-refractivity contribution in [3.8, 4) is 0 Å². The quantitative estimate of drug-likeness (QED) is 0.259. The van der Waals surface area contributed by atoms with Gasteiger partial charge in [0.25, 0.3) is 0 Å². The predicted octanol–water partition coefficient (Wildman–Crippen LogP) is 5.74. The molecule has 0 spiro atoms. The molecule has 0 aliphatic rings. The Kier molecular flexibility index (Phi) is 6.23. The van der Waals surface area contributed by atoms with Crippen molar-refractivity contribution in [2.45, 2.75) is 38.1 Å². The van der Waals surface area contributed by atoms with Crippen LogP contribution in [0.2, 0.25) is 0 Å². The summed E-state index contributed by atoms with van der Waals surface area (Å²) >= 11 is 0. The van der Waals surface area contributed by atoms with E-state index >= 15 is 0 Å². The molecule has 170 valence electrons. The number of halogens is 8. The molecule has 31 heavy (non-hydrogen) atoms. The lowest BCUT2D eigenvalue weighted by Crippen LogP contribution is -2.50. The van der Waals surface area contributed by atoms with E-state index < -0.39 is 51.8 Å². The van der Waals surface area contributed by atoms with Gasteiger partial charge >= 0.3 is 23.7 Å². The molecule has 0 fully saturated rings. The number of nitrogens with one attached hydrogen (secondary N) is 1. The van der Waals surface area contributed by atoms with Crippen molar-refractivity contribution < 1.29 is 45.2 Å². The maximum absolute atomic E-state index is 14.3. The van der Waals surface area contributed by atoms with Gasteiger partial charge in [-0.2, -0.15) is 30.7 Å². The largest absolute Gasteiger partial charge is 0.435 e. The van der Waals surface area contributed by atoms with Crippen LogP contribution in [-0.4, -0.2) is 22.4 Å². The fraction of sp³-hybridized carbons (Fsp3) is 0.333. The van der Waals surface area contributed by atoms with Gasteiger partial charge in [0.15, 0.2) is 6.23 Å². The third kappa shape index (κ3) is 4.27. The lowest BCUT2D eigenvalue weighted by molar-refractivity contribution is -0.387. The van der Waals surface area contributed by atoms with Gasteiger partial charge in [-0.15, -0.1) is 0 Å². The van der Waals surface area contributed by atoms with E-state index in [4.69, 9.17) is 0 Å². The smallest absolute Gasteiger partial charge is 0.369 e. The van der Waals surface area contributed by atoms with Crippen molar-refractivity contribution >= 4 is 11.4 Å². The molecule has 0 aliphatic carbocycles. The number of nitro benzene ring substituents is 1. The number of aliphatic hydroxyl groups excluding tert-OH is 1. The lowest BCUT2D eigenvalue weighted by atomic mass is 9.90. The van der Waals surface area contributed by atoms with Gasteiger partial charge in [0, 0.05) is 22.9 Å². The van der Waals surface area contributed by atoms with Crippen molar-refractivity contribution in [1.29, 1.82) is 0 Å². The monoisotopic (exact) mass is 458 g/mol. The SMILES string of the molecule is Cc1cc(C(F)(C(F)(F)F)C(F)(F)F)cc(C)c1NC(O)c1cccc([N+](=O)[O-])c1F. The lowest BCUT2D eigenvalue weighted by Gasteiger charge is -2.31. The summed E-state index contributed by atoms with van der Waals surface area (Å²) in [5.41, 5.74) is -9.77. The van der Waals surface area contributed by atoms with Crippen LogP contribution >= 0.6 is 0 Å². The fourth-order valence-corrected chi connectivity index (χ4v) is 2.98. The van der Waals surface area contributed by atoms with Crippen molar-refractivity contribution in [2.75, 3.05) is 5.32 Å². The number of alkyl halides is 7. The first-order valence-corrected chi connectivity index (χ1v) is 8.33. The second-order valence-electron chi connectivity index (χ2n) is 6.62. The second kappa shape index (κ2) is 7.94. The zero-order valence-corrected chi connectivity index (χ0v) is 15.7. The van der Waals surface area contributed by atoms with E-state index in [-0.39, 0.29) is 16.8 Å². The minimum absolute atomic E-state index is 0.214. The van der Waals surface area contributed by atoms with Crippen LogP contribution in [0.5, 0.6) is 0 Å². The Morgan fingerprint density at radius 3 is 1.90 bits per heavy atom. The first-order chi connectivity index (χ1) is 14.0. The van der Waals surface area contributed by atoms with Gasteiger partial charge in [-0.3, -0.25) is 10.1 Å². The minimum Gasteiger partial charge on any atom is -0.369 e. The summed E-state index contributed by atoms with van der Waals surface area (Å²) in [5.74, 6) is -1.39. The number of benzene rings is 2. The van der Waals surface area contributed by atoms with Crippen LogP contribution in [-0.2, 0) is 5.67 Å². The zero-order valence-electron chi connectivity index (χ0n) is 15.7. The molecule has 5 nitrogen and oxygen atoms in total. The molecule has 0 aromatic heterocycles. The van der Waals surface area contributed by atoms with Gasteiger partial charge in [0.1, 0.15) is 0 Å². The molecule has 2 aromatic carbocycles. The van der Waals surface area contributed by atoms with Crippen LogP contribution in [0.25, 0.3) is 0 Å². The molecular formula is C18H14F8N2O3. The highest BCUT2D eigenvalue weighted by atomic mass is 19.4. The summed E-state index contributed by atoms with van der Waals surface area (Å²) in [6, 6.07) is 3.47. The zero-order chi connectivity index (χ0) is 23.9. The molecule has 13 heteroatoms. The number of rotatable bonds is 5. The topological polar surface area (TPSA) is 75.4 Å². The summed E-state index contributed by atoms with van der Waals surface area (Å²) in [4.78, 5) is 9.75. The molecule has 0 saturated heterocycles. The van der Waals surface area contributed by atoms with E-state index in [9.17, 15) is 50.3 Å². The molecule has 2 N–H and O–H groups in total. The number of anilines is 1. The van der Waals surface area contributed by atoms with E-state index in [1.54, 1.807) is 0 Å². The Balaban J connectivity index is 2.51. The van der Waals surface area contributed by atoms with Crippen LogP contribution in [0.3, 0.4) is 0 Å². The number of aliphatic hydroxyl groups is 1. The van der Waals surface area contributed by atoms with Crippen LogP contribution < -0.4 is 5.32 Å².